The Morgan fingerprint density at radius 3 is 1.91 bits per heavy atom. The van der Waals surface area contributed by atoms with Crippen LogP contribution in [0, 0.1) is 0 Å². The van der Waals surface area contributed by atoms with Crippen LogP contribution in [0.25, 0.3) is 0 Å². The molecule has 0 heterocycles. The fourth-order valence-electron chi connectivity index (χ4n) is 1.55. The summed E-state index contributed by atoms with van der Waals surface area (Å²) in [5.41, 5.74) is -0.530. The van der Waals surface area contributed by atoms with Gasteiger partial charge in [-0.1, -0.05) is 45.4 Å². The van der Waals surface area contributed by atoms with Crippen LogP contribution < -0.4 is 17.5 Å². The molecule has 0 N–H and O–H groups in total. The second kappa shape index (κ2) is 6.52. The minimum absolute atomic E-state index is 0. The molecule has 1 aliphatic rings. The van der Waals surface area contributed by atoms with Crippen LogP contribution in [-0.4, -0.2) is 28.7 Å². The Morgan fingerprint density at radius 1 is 1.18 bits per heavy atom. The van der Waals surface area contributed by atoms with Crippen LogP contribution in [0.15, 0.2) is 0 Å². The van der Waals surface area contributed by atoms with Crippen molar-refractivity contribution < 1.29 is 17.5 Å². The third kappa shape index (κ3) is 4.56. The first-order chi connectivity index (χ1) is 4.27. The third-order valence-electron chi connectivity index (χ3n) is 2.41. The van der Waals surface area contributed by atoms with Gasteiger partial charge in [-0.05, 0) is 0 Å². The molecule has 0 atom stereocenters. The Kier molecular flexibility index (Phi) is 8.62. The average molecular weight is 187 g/mol. The predicted octanol–water partition coefficient (Wildman–Crippen LogP) is -1.92. The van der Waals surface area contributed by atoms with E-state index in [1.54, 1.807) is 0 Å². The van der Waals surface area contributed by atoms with Crippen LogP contribution in [0.3, 0.4) is 0 Å². The van der Waals surface area contributed by atoms with Crippen LogP contribution in [0.2, 0.25) is 0 Å². The Bertz CT molecular complexity index is 92.1. The average Bonchev–Trinajstić information content (AvgIpc) is 1.90. The summed E-state index contributed by atoms with van der Waals surface area (Å²) in [7, 11) is 0. The first-order valence-corrected chi connectivity index (χ1v) is 3.97. The zero-order chi connectivity index (χ0) is 6.74. The first-order valence-electron chi connectivity index (χ1n) is 3.97. The largest absolute Gasteiger partial charge is 2.00 e. The molecule has 62 valence electrons. The zero-order valence-electron chi connectivity index (χ0n) is 7.24. The van der Waals surface area contributed by atoms with Crippen LogP contribution in [0.5, 0.6) is 0 Å². The Morgan fingerprint density at radius 2 is 1.64 bits per heavy atom. The molecule has 1 aliphatic carbocycles. The monoisotopic (exact) mass is 186 g/mol. The summed E-state index contributed by atoms with van der Waals surface area (Å²) in [6.07, 6.45) is 6.28. The van der Waals surface area contributed by atoms with Crippen LogP contribution in [0.4, 0.5) is 0 Å². The Hall–Kier alpha value is 1.02. The number of halogens is 1. The summed E-state index contributed by atoms with van der Waals surface area (Å²) >= 11 is 0. The Balaban J connectivity index is 0. The van der Waals surface area contributed by atoms with E-state index in [2.05, 4.69) is 0 Å². The summed E-state index contributed by atoms with van der Waals surface area (Å²) in [6.45, 7) is 2.01. The molecule has 1 saturated carbocycles. The van der Waals surface area contributed by atoms with E-state index in [0.717, 1.165) is 32.1 Å². The quantitative estimate of drug-likeness (QED) is 0.439. The van der Waals surface area contributed by atoms with Gasteiger partial charge in [-0.25, -0.2) is 0 Å². The van der Waals surface area contributed by atoms with Gasteiger partial charge in [0.2, 0.25) is 0 Å². The first kappa shape index (κ1) is 14.5. The van der Waals surface area contributed by atoms with Crippen LogP contribution >= 0.6 is 0 Å². The van der Waals surface area contributed by atoms with Gasteiger partial charge in [-0.15, -0.1) is 5.60 Å². The molecular formula is C8H15ClMgO. The topological polar surface area (TPSA) is 23.1 Å². The van der Waals surface area contributed by atoms with Crippen molar-refractivity contribution in [2.75, 3.05) is 0 Å². The zero-order valence-corrected chi connectivity index (χ0v) is 9.41. The molecule has 0 aromatic carbocycles. The summed E-state index contributed by atoms with van der Waals surface area (Å²) in [6, 6.07) is 0. The maximum absolute atomic E-state index is 11.5. The summed E-state index contributed by atoms with van der Waals surface area (Å²) in [5.74, 6) is 0. The molecule has 11 heavy (non-hydrogen) atoms. The van der Waals surface area contributed by atoms with Gasteiger partial charge in [0.1, 0.15) is 0 Å². The molecule has 0 aromatic rings. The van der Waals surface area contributed by atoms with Crippen molar-refractivity contribution in [3.63, 3.8) is 0 Å². The van der Waals surface area contributed by atoms with Gasteiger partial charge >= 0.3 is 23.1 Å². The van der Waals surface area contributed by atoms with Crippen molar-refractivity contribution in [1.82, 2.24) is 0 Å². The fraction of sp³-hybridized carbons (Fsp3) is 1.00. The molecular weight excluding hydrogens is 172 g/mol. The molecule has 0 bridgehead atoms. The van der Waals surface area contributed by atoms with Crippen molar-refractivity contribution in [1.29, 1.82) is 0 Å². The van der Waals surface area contributed by atoms with Gasteiger partial charge in [0.25, 0.3) is 0 Å². The van der Waals surface area contributed by atoms with Gasteiger partial charge in [0.15, 0.2) is 0 Å². The van der Waals surface area contributed by atoms with Crippen molar-refractivity contribution in [2.24, 2.45) is 0 Å². The van der Waals surface area contributed by atoms with Crippen molar-refractivity contribution in [3.05, 3.63) is 0 Å². The van der Waals surface area contributed by atoms with Gasteiger partial charge in [0.05, 0.1) is 0 Å². The van der Waals surface area contributed by atoms with E-state index in [-0.39, 0.29) is 35.5 Å². The normalized spacial score (nSPS) is 21.3. The van der Waals surface area contributed by atoms with Gasteiger partial charge in [-0.2, -0.15) is 0 Å². The summed E-state index contributed by atoms with van der Waals surface area (Å²) < 4.78 is 0. The molecule has 0 saturated heterocycles. The maximum Gasteiger partial charge on any atom is 2.00 e. The van der Waals surface area contributed by atoms with Crippen molar-refractivity contribution in [2.45, 2.75) is 51.0 Å². The molecule has 0 spiro atoms. The minimum atomic E-state index is -0.530. The smallest absolute Gasteiger partial charge is 1.00 e. The second-order valence-corrected chi connectivity index (χ2v) is 3.10. The number of rotatable bonds is 1. The van der Waals surface area contributed by atoms with Gasteiger partial charge in [-0.3, -0.25) is 0 Å². The van der Waals surface area contributed by atoms with E-state index in [4.69, 9.17) is 0 Å². The molecule has 0 unspecified atom stereocenters. The van der Waals surface area contributed by atoms with E-state index < -0.39 is 5.60 Å². The second-order valence-electron chi connectivity index (χ2n) is 3.10. The minimum Gasteiger partial charge on any atom is -1.00 e. The molecule has 3 heteroatoms. The summed E-state index contributed by atoms with van der Waals surface area (Å²) in [4.78, 5) is 0. The van der Waals surface area contributed by atoms with E-state index >= 15 is 0 Å². The molecule has 1 fully saturated rings. The Labute approximate surface area is 91.5 Å². The molecule has 0 aromatic heterocycles. The van der Waals surface area contributed by atoms with E-state index in [1.807, 2.05) is 6.92 Å². The van der Waals surface area contributed by atoms with E-state index in [0.29, 0.717) is 0 Å². The summed E-state index contributed by atoms with van der Waals surface area (Å²) in [5, 5.41) is 11.5. The number of hydrogen-bond donors (Lipinski definition) is 0. The molecule has 1 nitrogen and oxygen atoms in total. The van der Waals surface area contributed by atoms with Crippen LogP contribution in [-0.2, 0) is 0 Å². The van der Waals surface area contributed by atoms with Gasteiger partial charge in [0, 0.05) is 0 Å². The van der Waals surface area contributed by atoms with E-state index in [1.165, 1.54) is 6.42 Å². The SMILES string of the molecule is CCC1([O-])CCCCC1.[Cl-].[Mg+2]. The molecule has 0 amide bonds. The number of hydrogen-bond acceptors (Lipinski definition) is 1. The van der Waals surface area contributed by atoms with E-state index in [9.17, 15) is 5.11 Å². The van der Waals surface area contributed by atoms with Gasteiger partial charge < -0.3 is 17.5 Å². The van der Waals surface area contributed by atoms with Crippen molar-refractivity contribution >= 4 is 23.1 Å². The van der Waals surface area contributed by atoms with Crippen molar-refractivity contribution in [3.8, 4) is 0 Å². The van der Waals surface area contributed by atoms with Crippen LogP contribution in [0.1, 0.15) is 45.4 Å². The fourth-order valence-corrected chi connectivity index (χ4v) is 1.55. The molecule has 0 radical (unpaired) electrons. The maximum atomic E-state index is 11.5. The molecule has 1 rings (SSSR count). The third-order valence-corrected chi connectivity index (χ3v) is 2.41. The predicted molar refractivity (Wildman–Crippen MR) is 41.9 cm³/mol. The molecule has 0 aliphatic heterocycles. The standard InChI is InChI=1S/C8H15O.ClH.Mg/c1-2-8(9)6-4-3-5-7-8;;/h2-7H2,1H3;1H;/q-1;;+2/p-1.